The predicted octanol–water partition coefficient (Wildman–Crippen LogP) is 4.48. The van der Waals surface area contributed by atoms with Gasteiger partial charge in [-0.2, -0.15) is 17.5 Å². The molecule has 9 heteroatoms. The van der Waals surface area contributed by atoms with Crippen molar-refractivity contribution in [1.82, 2.24) is 4.31 Å². The molecule has 0 bridgehead atoms. The van der Waals surface area contributed by atoms with Crippen LogP contribution in [0.3, 0.4) is 0 Å². The molecular formula is C15H13ClF3NO3S. The predicted molar refractivity (Wildman–Crippen MR) is 81.0 cm³/mol. The van der Waals surface area contributed by atoms with Crippen molar-refractivity contribution in [3.63, 3.8) is 0 Å². The van der Waals surface area contributed by atoms with E-state index in [-0.39, 0.29) is 6.54 Å². The standard InChI is InChI=1S/C15H13ClF3NO3S/c16-11-5-1-4-10(15(17,18)19)14(11)24(21,22)20-8-2-6-12(20)13-7-3-9-23-13/h1,3-5,7,9,12H,2,6,8H2. The van der Waals surface area contributed by atoms with Crippen LogP contribution in [0.2, 0.25) is 5.02 Å². The Kier molecular flexibility index (Phi) is 4.39. The molecule has 130 valence electrons. The maximum Gasteiger partial charge on any atom is 0.417 e. The first-order valence-electron chi connectivity index (χ1n) is 7.14. The number of rotatable bonds is 3. The minimum absolute atomic E-state index is 0.107. The van der Waals surface area contributed by atoms with Crippen molar-refractivity contribution in [2.45, 2.75) is 30.0 Å². The number of nitrogens with zero attached hydrogens (tertiary/aromatic N) is 1. The molecule has 0 saturated carbocycles. The lowest BCUT2D eigenvalue weighted by atomic mass is 10.2. The molecule has 1 aromatic heterocycles. The summed E-state index contributed by atoms with van der Waals surface area (Å²) in [4.78, 5) is -0.905. The summed E-state index contributed by atoms with van der Waals surface area (Å²) < 4.78 is 71.9. The second-order valence-corrected chi connectivity index (χ2v) is 7.64. The molecule has 3 rings (SSSR count). The highest BCUT2D eigenvalue weighted by atomic mass is 35.5. The molecule has 1 aliphatic heterocycles. The quantitative estimate of drug-likeness (QED) is 0.790. The number of alkyl halides is 3. The monoisotopic (exact) mass is 379 g/mol. The van der Waals surface area contributed by atoms with E-state index in [1.54, 1.807) is 12.1 Å². The highest BCUT2D eigenvalue weighted by Gasteiger charge is 2.44. The summed E-state index contributed by atoms with van der Waals surface area (Å²) in [7, 11) is -4.44. The van der Waals surface area contributed by atoms with Crippen molar-refractivity contribution in [3.8, 4) is 0 Å². The highest BCUT2D eigenvalue weighted by molar-refractivity contribution is 7.89. The van der Waals surface area contributed by atoms with Gasteiger partial charge in [-0.15, -0.1) is 0 Å². The average Bonchev–Trinajstić information content (AvgIpc) is 3.16. The summed E-state index contributed by atoms with van der Waals surface area (Å²) >= 11 is 5.84. The second-order valence-electron chi connectivity index (χ2n) is 5.40. The van der Waals surface area contributed by atoms with Crippen LogP contribution in [0.1, 0.15) is 30.2 Å². The first kappa shape index (κ1) is 17.3. The molecule has 1 aliphatic rings. The SMILES string of the molecule is O=S(=O)(c1c(Cl)cccc1C(F)(F)F)N1CCCC1c1ccco1. The van der Waals surface area contributed by atoms with Crippen LogP contribution in [0.15, 0.2) is 45.9 Å². The zero-order valence-corrected chi connectivity index (χ0v) is 13.8. The summed E-state index contributed by atoms with van der Waals surface area (Å²) in [6.07, 6.45) is -2.43. The van der Waals surface area contributed by atoms with Gasteiger partial charge in [0.15, 0.2) is 0 Å². The van der Waals surface area contributed by atoms with Crippen LogP contribution < -0.4 is 0 Å². The maximum atomic E-state index is 13.3. The number of benzene rings is 1. The van der Waals surface area contributed by atoms with E-state index in [0.29, 0.717) is 18.6 Å². The smallest absolute Gasteiger partial charge is 0.417 e. The summed E-state index contributed by atoms with van der Waals surface area (Å²) in [5.74, 6) is 0.400. The van der Waals surface area contributed by atoms with Crippen LogP contribution in [0.25, 0.3) is 0 Å². The largest absolute Gasteiger partial charge is 0.468 e. The van der Waals surface area contributed by atoms with E-state index < -0.39 is 37.7 Å². The third-order valence-corrected chi connectivity index (χ3v) is 6.35. The molecule has 0 radical (unpaired) electrons. The minimum Gasteiger partial charge on any atom is -0.468 e. The van der Waals surface area contributed by atoms with Gasteiger partial charge in [0.2, 0.25) is 10.0 Å². The van der Waals surface area contributed by atoms with E-state index in [1.165, 1.54) is 6.26 Å². The third kappa shape index (κ3) is 2.94. The van der Waals surface area contributed by atoms with Gasteiger partial charge in [-0.3, -0.25) is 0 Å². The molecule has 0 amide bonds. The number of furan rings is 1. The van der Waals surface area contributed by atoms with Crippen LogP contribution >= 0.6 is 11.6 Å². The van der Waals surface area contributed by atoms with E-state index in [0.717, 1.165) is 22.5 Å². The number of hydrogen-bond donors (Lipinski definition) is 0. The maximum absolute atomic E-state index is 13.3. The fourth-order valence-corrected chi connectivity index (χ4v) is 5.30. The molecule has 1 aromatic carbocycles. The van der Waals surface area contributed by atoms with Gasteiger partial charge in [0.25, 0.3) is 0 Å². The molecular weight excluding hydrogens is 367 g/mol. The Morgan fingerprint density at radius 3 is 2.58 bits per heavy atom. The Hall–Kier alpha value is -1.51. The van der Waals surface area contributed by atoms with Gasteiger partial charge in [-0.1, -0.05) is 17.7 Å². The van der Waals surface area contributed by atoms with Gasteiger partial charge in [-0.25, -0.2) is 8.42 Å². The van der Waals surface area contributed by atoms with Crippen LogP contribution in [-0.4, -0.2) is 19.3 Å². The second kappa shape index (κ2) is 6.09. The van der Waals surface area contributed by atoms with Crippen molar-refractivity contribution in [1.29, 1.82) is 0 Å². The van der Waals surface area contributed by atoms with Gasteiger partial charge < -0.3 is 4.42 Å². The Morgan fingerprint density at radius 1 is 1.21 bits per heavy atom. The fourth-order valence-electron chi connectivity index (χ4n) is 2.90. The molecule has 4 nitrogen and oxygen atoms in total. The van der Waals surface area contributed by atoms with Gasteiger partial charge in [0.1, 0.15) is 10.7 Å². The molecule has 2 aromatic rings. The van der Waals surface area contributed by atoms with E-state index in [1.807, 2.05) is 0 Å². The van der Waals surface area contributed by atoms with Crippen LogP contribution in [0.5, 0.6) is 0 Å². The lowest BCUT2D eigenvalue weighted by Gasteiger charge is -2.25. The van der Waals surface area contributed by atoms with E-state index in [9.17, 15) is 21.6 Å². The summed E-state index contributed by atoms with van der Waals surface area (Å²) in [5, 5.41) is -0.449. The van der Waals surface area contributed by atoms with Crippen molar-refractivity contribution in [2.75, 3.05) is 6.54 Å². The molecule has 24 heavy (non-hydrogen) atoms. The number of hydrogen-bond acceptors (Lipinski definition) is 3. The molecule has 1 fully saturated rings. The first-order chi connectivity index (χ1) is 11.2. The lowest BCUT2D eigenvalue weighted by Crippen LogP contribution is -2.32. The Morgan fingerprint density at radius 2 is 1.96 bits per heavy atom. The molecule has 1 saturated heterocycles. The number of sulfonamides is 1. The zero-order valence-electron chi connectivity index (χ0n) is 12.3. The van der Waals surface area contributed by atoms with Crippen LogP contribution in [0.4, 0.5) is 13.2 Å². The molecule has 2 heterocycles. The van der Waals surface area contributed by atoms with E-state index in [2.05, 4.69) is 0 Å². The Balaban J connectivity index is 2.12. The third-order valence-electron chi connectivity index (χ3n) is 3.91. The van der Waals surface area contributed by atoms with Crippen molar-refractivity contribution in [2.24, 2.45) is 0 Å². The normalized spacial score (nSPS) is 19.8. The molecule has 0 aliphatic carbocycles. The average molecular weight is 380 g/mol. The van der Waals surface area contributed by atoms with E-state index in [4.69, 9.17) is 16.0 Å². The summed E-state index contributed by atoms with van der Waals surface area (Å²) in [5.41, 5.74) is -1.26. The van der Waals surface area contributed by atoms with E-state index >= 15 is 0 Å². The highest BCUT2D eigenvalue weighted by Crippen LogP contribution is 2.43. The Bertz CT molecular complexity index is 834. The number of halogens is 4. The minimum atomic E-state index is -4.83. The zero-order chi connectivity index (χ0) is 17.5. The lowest BCUT2D eigenvalue weighted by molar-refractivity contribution is -0.139. The van der Waals surface area contributed by atoms with Gasteiger partial charge in [-0.05, 0) is 37.1 Å². The first-order valence-corrected chi connectivity index (χ1v) is 8.95. The molecule has 0 spiro atoms. The van der Waals surface area contributed by atoms with Gasteiger partial charge >= 0.3 is 6.18 Å². The van der Waals surface area contributed by atoms with Crippen molar-refractivity contribution in [3.05, 3.63) is 52.9 Å². The van der Waals surface area contributed by atoms with Gasteiger partial charge in [0.05, 0.1) is 22.9 Å². The van der Waals surface area contributed by atoms with Crippen molar-refractivity contribution < 1.29 is 26.0 Å². The Labute approximate surface area is 141 Å². The summed E-state index contributed by atoms with van der Waals surface area (Å²) in [6.45, 7) is 0.107. The molecule has 1 atom stereocenters. The summed E-state index contributed by atoms with van der Waals surface area (Å²) in [6, 6.07) is 5.52. The van der Waals surface area contributed by atoms with Crippen LogP contribution in [-0.2, 0) is 16.2 Å². The van der Waals surface area contributed by atoms with Crippen LogP contribution in [0, 0.1) is 0 Å². The fraction of sp³-hybridized carbons (Fsp3) is 0.333. The molecule has 0 N–H and O–H groups in total. The topological polar surface area (TPSA) is 50.5 Å². The van der Waals surface area contributed by atoms with Crippen molar-refractivity contribution >= 4 is 21.6 Å². The van der Waals surface area contributed by atoms with Gasteiger partial charge in [0, 0.05) is 6.54 Å². The molecule has 1 unspecified atom stereocenters.